The lowest BCUT2D eigenvalue weighted by molar-refractivity contribution is -0.129. The third-order valence-corrected chi connectivity index (χ3v) is 7.65. The molecule has 4 aromatic carbocycles. The van der Waals surface area contributed by atoms with E-state index in [1.807, 2.05) is 111 Å². The number of phenolic OH excluding ortho intramolecular Hbond substituents is 3. The Morgan fingerprint density at radius 2 is 1.05 bits per heavy atom. The van der Waals surface area contributed by atoms with E-state index in [4.69, 9.17) is 4.74 Å². The number of benzene rings is 4. The van der Waals surface area contributed by atoms with Crippen molar-refractivity contribution in [2.24, 2.45) is 0 Å². The van der Waals surface area contributed by atoms with Gasteiger partial charge in [-0.05, 0) is 88.8 Å². The van der Waals surface area contributed by atoms with Crippen molar-refractivity contribution in [1.29, 1.82) is 0 Å². The fraction of sp³-hybridized carbons (Fsp3) is 0.289. The van der Waals surface area contributed by atoms with Crippen LogP contribution in [-0.4, -0.2) is 21.3 Å². The molecule has 0 amide bonds. The number of hydrogen-bond donors (Lipinski definition) is 3. The van der Waals surface area contributed by atoms with Crippen LogP contribution in [0.3, 0.4) is 0 Å². The summed E-state index contributed by atoms with van der Waals surface area (Å²) < 4.78 is 5.41. The topological polar surface area (TPSA) is 87.0 Å². The van der Waals surface area contributed by atoms with E-state index in [1.54, 1.807) is 0 Å². The molecule has 3 N–H and O–H groups in total. The van der Waals surface area contributed by atoms with E-state index in [1.165, 1.54) is 0 Å². The highest BCUT2D eigenvalue weighted by molar-refractivity contribution is 5.84. The zero-order valence-electron chi connectivity index (χ0n) is 26.8. The maximum absolute atomic E-state index is 11.6. The average Bonchev–Trinajstić information content (AvgIpc) is 2.92. The second-order valence-corrected chi connectivity index (χ2v) is 11.7. The molecule has 0 aliphatic rings. The van der Waals surface area contributed by atoms with Crippen LogP contribution in [0.5, 0.6) is 23.0 Å². The van der Waals surface area contributed by atoms with Gasteiger partial charge in [-0.25, -0.2) is 4.79 Å². The van der Waals surface area contributed by atoms with Crippen LogP contribution in [0, 0.1) is 55.4 Å². The lowest BCUT2D eigenvalue weighted by atomic mass is 9.87. The summed E-state index contributed by atoms with van der Waals surface area (Å²) in [6.07, 6.45) is 1.65. The van der Waals surface area contributed by atoms with Gasteiger partial charge < -0.3 is 20.1 Å². The second-order valence-electron chi connectivity index (χ2n) is 11.7. The lowest BCUT2D eigenvalue weighted by Crippen LogP contribution is -2.08. The molecule has 0 fully saturated rings. The Morgan fingerprint density at radius 1 is 0.651 bits per heavy atom. The van der Waals surface area contributed by atoms with E-state index in [0.29, 0.717) is 23.7 Å². The molecule has 0 spiro atoms. The summed E-state index contributed by atoms with van der Waals surface area (Å²) in [6.45, 7) is 21.1. The Morgan fingerprint density at radius 3 is 1.51 bits per heavy atom. The highest BCUT2D eigenvalue weighted by Crippen LogP contribution is 2.39. The molecule has 0 unspecified atom stereocenters. The Labute approximate surface area is 256 Å². The van der Waals surface area contributed by atoms with E-state index >= 15 is 0 Å². The minimum absolute atomic E-state index is 0.0489. The van der Waals surface area contributed by atoms with Crippen molar-refractivity contribution in [2.45, 2.75) is 74.7 Å². The molecule has 4 aromatic rings. The molecule has 5 heteroatoms. The molecule has 43 heavy (non-hydrogen) atoms. The van der Waals surface area contributed by atoms with Crippen molar-refractivity contribution >= 4 is 5.97 Å². The molecule has 0 saturated carbocycles. The summed E-state index contributed by atoms with van der Waals surface area (Å²) in [7, 11) is 0. The highest BCUT2D eigenvalue weighted by Gasteiger charge is 2.19. The Kier molecular flexibility index (Phi) is 10.5. The van der Waals surface area contributed by atoms with Crippen LogP contribution in [0.4, 0.5) is 0 Å². The van der Waals surface area contributed by atoms with Gasteiger partial charge in [-0.15, -0.1) is 0 Å². The smallest absolute Gasteiger partial charge is 0.335 e. The first-order chi connectivity index (χ1) is 20.1. The maximum atomic E-state index is 11.6. The van der Waals surface area contributed by atoms with Crippen molar-refractivity contribution < 1.29 is 24.9 Å². The van der Waals surface area contributed by atoms with Gasteiger partial charge in [-0.1, -0.05) is 84.3 Å². The van der Waals surface area contributed by atoms with E-state index < -0.39 is 5.97 Å². The minimum Gasteiger partial charge on any atom is -0.507 e. The second kappa shape index (κ2) is 13.6. The molecule has 5 nitrogen and oxygen atoms in total. The molecule has 0 bridgehead atoms. The SMILES string of the molecule is C=CC(=O)Oc1c(C)cc(C)cc1Cc1cc(C)cc(C)c1O.Cc1cc(C)c(O)c(C(C)c2cc(C)cc(C)c2O)c1. The van der Waals surface area contributed by atoms with Gasteiger partial charge in [-0.3, -0.25) is 0 Å². The van der Waals surface area contributed by atoms with Crippen molar-refractivity contribution in [3.8, 4) is 23.0 Å². The van der Waals surface area contributed by atoms with Gasteiger partial charge in [0, 0.05) is 29.5 Å². The van der Waals surface area contributed by atoms with Crippen LogP contribution in [0.15, 0.2) is 61.2 Å². The number of phenols is 3. The van der Waals surface area contributed by atoms with E-state index in [-0.39, 0.29) is 11.7 Å². The van der Waals surface area contributed by atoms with Crippen LogP contribution in [0.1, 0.15) is 79.6 Å². The van der Waals surface area contributed by atoms with Crippen LogP contribution < -0.4 is 4.74 Å². The van der Waals surface area contributed by atoms with Crippen molar-refractivity contribution in [3.63, 3.8) is 0 Å². The quantitative estimate of drug-likeness (QED) is 0.121. The third-order valence-electron chi connectivity index (χ3n) is 7.65. The van der Waals surface area contributed by atoms with Gasteiger partial charge in [0.15, 0.2) is 0 Å². The number of esters is 1. The molecule has 4 rings (SSSR count). The van der Waals surface area contributed by atoms with E-state index in [2.05, 4.69) is 6.58 Å². The molecule has 0 radical (unpaired) electrons. The number of rotatable bonds is 6. The van der Waals surface area contributed by atoms with Crippen molar-refractivity contribution in [1.82, 2.24) is 0 Å². The van der Waals surface area contributed by atoms with Gasteiger partial charge in [0.1, 0.15) is 23.0 Å². The summed E-state index contributed by atoms with van der Waals surface area (Å²) in [5, 5.41) is 30.9. The monoisotopic (exact) mass is 580 g/mol. The fourth-order valence-corrected chi connectivity index (χ4v) is 5.66. The standard InChI is InChI=1S/C20H22O3.C18H22O2/c1-6-18(21)23-20-15(5)8-13(3)10-17(20)11-16-9-12(2)7-14(4)19(16)22;1-10-6-12(3)17(19)15(8-10)14(5)16-9-11(2)7-13(4)18(16)20/h6-10,22H,1,11H2,2-5H3;6-9,14,19-20H,1-5H3. The van der Waals surface area contributed by atoms with Gasteiger partial charge in [0.25, 0.3) is 0 Å². The van der Waals surface area contributed by atoms with Gasteiger partial charge >= 0.3 is 5.97 Å². The first-order valence-corrected chi connectivity index (χ1v) is 14.5. The van der Waals surface area contributed by atoms with Gasteiger partial charge in [0.2, 0.25) is 0 Å². The Bertz CT molecular complexity index is 1620. The van der Waals surface area contributed by atoms with Gasteiger partial charge in [-0.2, -0.15) is 0 Å². The summed E-state index contributed by atoms with van der Waals surface area (Å²) in [6, 6.07) is 15.8. The molecule has 0 saturated heterocycles. The lowest BCUT2D eigenvalue weighted by Gasteiger charge is -2.19. The maximum Gasteiger partial charge on any atom is 0.335 e. The van der Waals surface area contributed by atoms with Crippen molar-refractivity contribution in [2.75, 3.05) is 0 Å². The van der Waals surface area contributed by atoms with Crippen LogP contribution in [0.25, 0.3) is 0 Å². The van der Waals surface area contributed by atoms with Gasteiger partial charge in [0.05, 0.1) is 0 Å². The third kappa shape index (κ3) is 7.86. The van der Waals surface area contributed by atoms with Crippen molar-refractivity contribution in [3.05, 3.63) is 128 Å². The molecule has 0 aromatic heterocycles. The predicted molar refractivity (Wildman–Crippen MR) is 175 cm³/mol. The normalized spacial score (nSPS) is 10.7. The summed E-state index contributed by atoms with van der Waals surface area (Å²) >= 11 is 0. The molecule has 226 valence electrons. The average molecular weight is 581 g/mol. The van der Waals surface area contributed by atoms with Crippen LogP contribution in [-0.2, 0) is 11.2 Å². The fourth-order valence-electron chi connectivity index (χ4n) is 5.66. The van der Waals surface area contributed by atoms with E-state index in [9.17, 15) is 20.1 Å². The summed E-state index contributed by atoms with van der Waals surface area (Å²) in [5.74, 6) is 0.938. The number of carbonyl (C=O) groups excluding carboxylic acids is 1. The Balaban J connectivity index is 0.000000238. The van der Waals surface area contributed by atoms with Crippen LogP contribution in [0.2, 0.25) is 0 Å². The molecule has 0 aliphatic heterocycles. The predicted octanol–water partition coefficient (Wildman–Crippen LogP) is 8.79. The molecular formula is C38H44O5. The van der Waals surface area contributed by atoms with E-state index in [0.717, 1.165) is 72.8 Å². The zero-order chi connectivity index (χ0) is 32.2. The minimum atomic E-state index is -0.483. The highest BCUT2D eigenvalue weighted by atomic mass is 16.5. The molecule has 0 aliphatic carbocycles. The number of hydrogen-bond acceptors (Lipinski definition) is 5. The first kappa shape index (κ1) is 33.0. The summed E-state index contributed by atoms with van der Waals surface area (Å²) in [4.78, 5) is 11.6. The molecular weight excluding hydrogens is 536 g/mol. The largest absolute Gasteiger partial charge is 0.507 e. The number of carbonyl (C=O) groups is 1. The zero-order valence-corrected chi connectivity index (χ0v) is 26.8. The molecule has 0 atom stereocenters. The Hall–Kier alpha value is -4.51. The number of aryl methyl sites for hydroxylation is 8. The van der Waals surface area contributed by atoms with Crippen LogP contribution >= 0.6 is 0 Å². The number of ether oxygens (including phenoxy) is 1. The molecule has 0 heterocycles. The first-order valence-electron chi connectivity index (χ1n) is 14.5. The summed E-state index contributed by atoms with van der Waals surface area (Å²) in [5.41, 5.74) is 11.3. The number of aromatic hydroxyl groups is 3.